The molecule has 1 fully saturated rings. The molecule has 2 aromatic heterocycles. The fourth-order valence-corrected chi connectivity index (χ4v) is 2.64. The molecule has 2 N–H and O–H groups in total. The van der Waals surface area contributed by atoms with Gasteiger partial charge in [-0.3, -0.25) is 4.40 Å². The number of hydrogen-bond donors (Lipinski definition) is 1. The van der Waals surface area contributed by atoms with Crippen LogP contribution in [0.1, 0.15) is 24.2 Å². The molecule has 0 saturated carbocycles. The average molecular weight is 246 g/mol. The van der Waals surface area contributed by atoms with E-state index in [-0.39, 0.29) is 5.41 Å². The summed E-state index contributed by atoms with van der Waals surface area (Å²) in [6, 6.07) is 4.11. The molecule has 5 heteroatoms. The van der Waals surface area contributed by atoms with E-state index in [1.807, 2.05) is 12.3 Å². The molecule has 3 rings (SSSR count). The van der Waals surface area contributed by atoms with Gasteiger partial charge >= 0.3 is 0 Å². The van der Waals surface area contributed by atoms with Gasteiger partial charge in [0.1, 0.15) is 5.82 Å². The highest BCUT2D eigenvalue weighted by atomic mass is 16.5. The van der Waals surface area contributed by atoms with Crippen molar-refractivity contribution in [2.24, 2.45) is 5.73 Å². The van der Waals surface area contributed by atoms with Gasteiger partial charge in [0, 0.05) is 31.4 Å². The van der Waals surface area contributed by atoms with Gasteiger partial charge in [0.2, 0.25) is 0 Å². The summed E-state index contributed by atoms with van der Waals surface area (Å²) in [5.74, 6) is 0.975. The lowest BCUT2D eigenvalue weighted by molar-refractivity contribution is 0.0496. The summed E-state index contributed by atoms with van der Waals surface area (Å²) in [4.78, 5) is 0. The van der Waals surface area contributed by atoms with Crippen LogP contribution in [-0.4, -0.2) is 34.4 Å². The minimum atomic E-state index is -0.0904. The van der Waals surface area contributed by atoms with E-state index >= 15 is 0 Å². The van der Waals surface area contributed by atoms with Crippen LogP contribution < -0.4 is 5.73 Å². The zero-order chi connectivity index (χ0) is 12.6. The first-order valence-corrected chi connectivity index (χ1v) is 6.35. The molecular weight excluding hydrogens is 228 g/mol. The maximum atomic E-state index is 6.01. The number of hydrogen-bond acceptors (Lipinski definition) is 4. The molecule has 0 radical (unpaired) electrons. The zero-order valence-corrected chi connectivity index (χ0v) is 10.6. The number of ether oxygens (including phenoxy) is 1. The van der Waals surface area contributed by atoms with E-state index in [0.29, 0.717) is 6.54 Å². The summed E-state index contributed by atoms with van der Waals surface area (Å²) in [7, 11) is 0. The van der Waals surface area contributed by atoms with Gasteiger partial charge < -0.3 is 10.5 Å². The van der Waals surface area contributed by atoms with Gasteiger partial charge in [-0.2, -0.15) is 0 Å². The first-order valence-electron chi connectivity index (χ1n) is 6.35. The predicted molar refractivity (Wildman–Crippen MR) is 68.5 cm³/mol. The number of nitrogens with zero attached hydrogens (tertiary/aromatic N) is 3. The Morgan fingerprint density at radius 1 is 1.39 bits per heavy atom. The molecule has 0 bridgehead atoms. The molecule has 0 atom stereocenters. The fourth-order valence-electron chi connectivity index (χ4n) is 2.64. The van der Waals surface area contributed by atoms with E-state index in [1.54, 1.807) is 0 Å². The Bertz CT molecular complexity index is 557. The van der Waals surface area contributed by atoms with Crippen LogP contribution in [0.2, 0.25) is 0 Å². The second kappa shape index (κ2) is 4.33. The predicted octanol–water partition coefficient (Wildman–Crippen LogP) is 1.04. The fraction of sp³-hybridized carbons (Fsp3) is 0.538. The molecule has 0 unspecified atom stereocenters. The van der Waals surface area contributed by atoms with Crippen molar-refractivity contribution < 1.29 is 4.74 Å². The third kappa shape index (κ3) is 1.71. The summed E-state index contributed by atoms with van der Waals surface area (Å²) in [5, 5.41) is 8.64. The smallest absolute Gasteiger partial charge is 0.161 e. The topological polar surface area (TPSA) is 65.4 Å². The van der Waals surface area contributed by atoms with E-state index in [0.717, 1.165) is 37.5 Å². The number of pyridine rings is 1. The van der Waals surface area contributed by atoms with Crippen molar-refractivity contribution >= 4 is 5.65 Å². The van der Waals surface area contributed by atoms with Crippen LogP contribution in [0.15, 0.2) is 18.3 Å². The highest BCUT2D eigenvalue weighted by Crippen LogP contribution is 2.32. The minimum absolute atomic E-state index is 0.0904. The lowest BCUT2D eigenvalue weighted by atomic mass is 9.79. The number of fused-ring (bicyclic) bond motifs is 1. The van der Waals surface area contributed by atoms with E-state index in [4.69, 9.17) is 10.5 Å². The highest BCUT2D eigenvalue weighted by Gasteiger charge is 2.37. The van der Waals surface area contributed by atoms with Crippen LogP contribution in [-0.2, 0) is 10.2 Å². The van der Waals surface area contributed by atoms with E-state index < -0.39 is 0 Å². The van der Waals surface area contributed by atoms with Gasteiger partial charge in [-0.15, -0.1) is 10.2 Å². The molecule has 1 aliphatic rings. The van der Waals surface area contributed by atoms with Crippen LogP contribution in [0, 0.1) is 6.92 Å². The highest BCUT2D eigenvalue weighted by molar-refractivity contribution is 5.42. The largest absolute Gasteiger partial charge is 0.381 e. The summed E-state index contributed by atoms with van der Waals surface area (Å²) in [6.07, 6.45) is 3.86. The summed E-state index contributed by atoms with van der Waals surface area (Å²) in [5.41, 5.74) is 8.01. The van der Waals surface area contributed by atoms with Crippen molar-refractivity contribution in [2.45, 2.75) is 25.2 Å². The Labute approximate surface area is 106 Å². The maximum Gasteiger partial charge on any atom is 0.161 e. The Morgan fingerprint density at radius 3 is 2.89 bits per heavy atom. The van der Waals surface area contributed by atoms with Crippen molar-refractivity contribution in [3.8, 4) is 0 Å². The molecule has 2 aromatic rings. The first kappa shape index (κ1) is 11.6. The molecule has 18 heavy (non-hydrogen) atoms. The van der Waals surface area contributed by atoms with E-state index in [1.165, 1.54) is 5.56 Å². The third-order valence-corrected chi connectivity index (χ3v) is 3.88. The number of nitrogens with two attached hydrogens (primary N) is 1. The minimum Gasteiger partial charge on any atom is -0.381 e. The average Bonchev–Trinajstić information content (AvgIpc) is 2.83. The van der Waals surface area contributed by atoms with Crippen molar-refractivity contribution in [3.05, 3.63) is 29.7 Å². The third-order valence-electron chi connectivity index (χ3n) is 3.88. The number of rotatable bonds is 2. The first-order chi connectivity index (χ1) is 8.75. The van der Waals surface area contributed by atoms with Crippen molar-refractivity contribution in [1.82, 2.24) is 14.6 Å². The Balaban J connectivity index is 2.12. The zero-order valence-electron chi connectivity index (χ0n) is 10.6. The second-order valence-corrected chi connectivity index (χ2v) is 5.05. The van der Waals surface area contributed by atoms with Gasteiger partial charge in [-0.1, -0.05) is 0 Å². The van der Waals surface area contributed by atoms with Gasteiger partial charge in [-0.05, 0) is 37.5 Å². The molecule has 1 saturated heterocycles. The standard InChI is InChI=1S/C13H18N4O/c1-10-2-5-17-11(8-10)15-16-12(17)13(9-14)3-6-18-7-4-13/h2,5,8H,3-4,6-7,9,14H2,1H3. The summed E-state index contributed by atoms with van der Waals surface area (Å²) >= 11 is 0. The number of aryl methyl sites for hydroxylation is 1. The van der Waals surface area contributed by atoms with Gasteiger partial charge in [0.05, 0.1) is 0 Å². The van der Waals surface area contributed by atoms with Crippen molar-refractivity contribution in [1.29, 1.82) is 0 Å². The van der Waals surface area contributed by atoms with Crippen LogP contribution in [0.4, 0.5) is 0 Å². The quantitative estimate of drug-likeness (QED) is 0.860. The second-order valence-electron chi connectivity index (χ2n) is 5.05. The van der Waals surface area contributed by atoms with Gasteiger partial charge in [-0.25, -0.2) is 0 Å². The molecule has 3 heterocycles. The lowest BCUT2D eigenvalue weighted by Crippen LogP contribution is -2.42. The Morgan fingerprint density at radius 2 is 2.17 bits per heavy atom. The molecule has 0 amide bonds. The van der Waals surface area contributed by atoms with Crippen LogP contribution in [0.5, 0.6) is 0 Å². The molecule has 0 spiro atoms. The summed E-state index contributed by atoms with van der Waals surface area (Å²) in [6.45, 7) is 4.14. The van der Waals surface area contributed by atoms with Gasteiger partial charge in [0.15, 0.2) is 5.65 Å². The Hall–Kier alpha value is -1.46. The van der Waals surface area contributed by atoms with E-state index in [2.05, 4.69) is 27.6 Å². The normalized spacial score (nSPS) is 19.2. The molecule has 1 aliphatic heterocycles. The monoisotopic (exact) mass is 246 g/mol. The van der Waals surface area contributed by atoms with Crippen molar-refractivity contribution in [2.75, 3.05) is 19.8 Å². The molecule has 0 aliphatic carbocycles. The Kier molecular flexibility index (Phi) is 2.80. The lowest BCUT2D eigenvalue weighted by Gasteiger charge is -2.34. The van der Waals surface area contributed by atoms with E-state index in [9.17, 15) is 0 Å². The van der Waals surface area contributed by atoms with Crippen LogP contribution in [0.25, 0.3) is 5.65 Å². The van der Waals surface area contributed by atoms with Crippen LogP contribution in [0.3, 0.4) is 0 Å². The molecule has 0 aromatic carbocycles. The SMILES string of the molecule is Cc1ccn2c(C3(CN)CCOCC3)nnc2c1. The van der Waals surface area contributed by atoms with Gasteiger partial charge in [0.25, 0.3) is 0 Å². The van der Waals surface area contributed by atoms with Crippen molar-refractivity contribution in [3.63, 3.8) is 0 Å². The maximum absolute atomic E-state index is 6.01. The van der Waals surface area contributed by atoms with Crippen LogP contribution >= 0.6 is 0 Å². The molecular formula is C13H18N4O. The molecule has 96 valence electrons. The number of aromatic nitrogens is 3. The molecule has 5 nitrogen and oxygen atoms in total. The summed E-state index contributed by atoms with van der Waals surface area (Å²) < 4.78 is 7.50.